The molecule has 0 fully saturated rings. The zero-order valence-corrected chi connectivity index (χ0v) is 10.1. The summed E-state index contributed by atoms with van der Waals surface area (Å²) in [5, 5.41) is 0. The van der Waals surface area contributed by atoms with Gasteiger partial charge in [-0.25, -0.2) is 0 Å². The second-order valence-corrected chi connectivity index (χ2v) is 3.47. The highest BCUT2D eigenvalue weighted by Crippen LogP contribution is 2.13. The van der Waals surface area contributed by atoms with Crippen molar-refractivity contribution in [3.63, 3.8) is 0 Å². The van der Waals surface area contributed by atoms with Crippen LogP contribution >= 0.6 is 0 Å². The van der Waals surface area contributed by atoms with E-state index in [2.05, 4.69) is 13.0 Å². The molecular weight excluding hydrogens is 196 g/mol. The maximum Gasteiger partial charge on any atom is 0.127 e. The third kappa shape index (κ3) is 4.18. The van der Waals surface area contributed by atoms with Gasteiger partial charge in [-0.1, -0.05) is 35.9 Å². The van der Waals surface area contributed by atoms with Crippen molar-refractivity contribution < 1.29 is 4.74 Å². The molecule has 84 valence electrons. The van der Waals surface area contributed by atoms with Gasteiger partial charge in [-0.3, -0.25) is 0 Å². The van der Waals surface area contributed by atoms with Crippen LogP contribution < -0.4 is 4.74 Å². The van der Waals surface area contributed by atoms with Gasteiger partial charge >= 0.3 is 0 Å². The fourth-order valence-corrected chi connectivity index (χ4v) is 1.12. The second-order valence-electron chi connectivity index (χ2n) is 3.47. The van der Waals surface area contributed by atoms with Crippen LogP contribution in [0.4, 0.5) is 0 Å². The first kappa shape index (κ1) is 12.3. The van der Waals surface area contributed by atoms with Crippen molar-refractivity contribution in [2.24, 2.45) is 0 Å². The zero-order valence-electron chi connectivity index (χ0n) is 10.1. The molecular formula is C15H18O. The van der Waals surface area contributed by atoms with Crippen molar-refractivity contribution in [3.05, 3.63) is 66.0 Å². The lowest BCUT2D eigenvalue weighted by atomic mass is 10.2. The van der Waals surface area contributed by atoms with Crippen LogP contribution in [-0.2, 0) is 0 Å². The van der Waals surface area contributed by atoms with Gasteiger partial charge in [0, 0.05) is 0 Å². The van der Waals surface area contributed by atoms with Gasteiger partial charge in [0.25, 0.3) is 0 Å². The Kier molecular flexibility index (Phi) is 5.13. The molecule has 1 nitrogen and oxygen atoms in total. The van der Waals surface area contributed by atoms with Gasteiger partial charge in [0.1, 0.15) is 11.5 Å². The van der Waals surface area contributed by atoms with Crippen LogP contribution in [-0.4, -0.2) is 0 Å². The molecule has 0 amide bonds. The van der Waals surface area contributed by atoms with Crippen molar-refractivity contribution in [3.8, 4) is 5.75 Å². The van der Waals surface area contributed by atoms with E-state index in [0.717, 1.165) is 11.5 Å². The van der Waals surface area contributed by atoms with E-state index in [0.29, 0.717) is 0 Å². The minimum Gasteiger partial charge on any atom is -0.458 e. The Morgan fingerprint density at radius 3 is 2.25 bits per heavy atom. The van der Waals surface area contributed by atoms with E-state index >= 15 is 0 Å². The van der Waals surface area contributed by atoms with Gasteiger partial charge in [0.2, 0.25) is 0 Å². The molecule has 0 unspecified atom stereocenters. The van der Waals surface area contributed by atoms with Gasteiger partial charge in [-0.15, -0.1) is 0 Å². The highest BCUT2D eigenvalue weighted by atomic mass is 16.5. The first-order chi connectivity index (χ1) is 7.76. The molecule has 1 aromatic rings. The third-order valence-electron chi connectivity index (χ3n) is 2.23. The molecule has 0 saturated carbocycles. The van der Waals surface area contributed by atoms with E-state index in [1.165, 1.54) is 5.57 Å². The number of rotatable bonds is 4. The number of benzene rings is 1. The molecule has 0 heterocycles. The topological polar surface area (TPSA) is 9.23 Å². The summed E-state index contributed by atoms with van der Waals surface area (Å²) in [6.07, 6.45) is 8.03. The van der Waals surface area contributed by atoms with Crippen molar-refractivity contribution in [2.45, 2.75) is 20.8 Å². The van der Waals surface area contributed by atoms with Crippen LogP contribution in [0.2, 0.25) is 0 Å². The second kappa shape index (κ2) is 6.67. The lowest BCUT2D eigenvalue weighted by Gasteiger charge is -2.05. The summed E-state index contributed by atoms with van der Waals surface area (Å²) in [4.78, 5) is 0. The summed E-state index contributed by atoms with van der Waals surface area (Å²) >= 11 is 0. The van der Waals surface area contributed by atoms with Gasteiger partial charge in [-0.2, -0.15) is 0 Å². The van der Waals surface area contributed by atoms with Crippen molar-refractivity contribution in [2.75, 3.05) is 0 Å². The number of hydrogen-bond acceptors (Lipinski definition) is 1. The Morgan fingerprint density at radius 1 is 1.00 bits per heavy atom. The molecule has 0 aliphatic carbocycles. The Labute approximate surface area is 97.8 Å². The first-order valence-corrected chi connectivity index (χ1v) is 5.46. The summed E-state index contributed by atoms with van der Waals surface area (Å²) < 4.78 is 5.71. The molecule has 1 rings (SSSR count). The minimum atomic E-state index is 0.854. The van der Waals surface area contributed by atoms with Crippen LogP contribution in [0.25, 0.3) is 0 Å². The molecule has 0 aliphatic rings. The summed E-state index contributed by atoms with van der Waals surface area (Å²) in [5.74, 6) is 1.71. The summed E-state index contributed by atoms with van der Waals surface area (Å²) in [5.41, 5.74) is 1.22. The van der Waals surface area contributed by atoms with Crippen LogP contribution in [0.3, 0.4) is 0 Å². The van der Waals surface area contributed by atoms with Crippen molar-refractivity contribution in [1.29, 1.82) is 0 Å². The van der Waals surface area contributed by atoms with Gasteiger partial charge in [-0.05, 0) is 45.1 Å². The van der Waals surface area contributed by atoms with Crippen LogP contribution in [0, 0.1) is 0 Å². The van der Waals surface area contributed by atoms with E-state index < -0.39 is 0 Å². The van der Waals surface area contributed by atoms with Crippen LogP contribution in [0.15, 0.2) is 66.0 Å². The molecule has 0 spiro atoms. The number of para-hydroxylation sites is 1. The zero-order chi connectivity index (χ0) is 11.8. The molecule has 0 aromatic heterocycles. The standard InChI is InChI=1S/C15H18O/c1-4-13(3)11-12-14(5-2)16-15-9-7-6-8-10-15/h4-12H,1-3H3/b12-11-,13-4-,14-5+. The number of ether oxygens (including phenoxy) is 1. The lowest BCUT2D eigenvalue weighted by Crippen LogP contribution is -1.91. The van der Waals surface area contributed by atoms with E-state index in [1.54, 1.807) is 0 Å². The highest BCUT2D eigenvalue weighted by molar-refractivity contribution is 5.28. The van der Waals surface area contributed by atoms with Crippen molar-refractivity contribution >= 4 is 0 Å². The fourth-order valence-electron chi connectivity index (χ4n) is 1.12. The van der Waals surface area contributed by atoms with E-state index in [9.17, 15) is 0 Å². The highest BCUT2D eigenvalue weighted by Gasteiger charge is 1.94. The Bertz CT molecular complexity index is 397. The average Bonchev–Trinajstić information content (AvgIpc) is 2.35. The molecule has 0 bridgehead atoms. The molecule has 1 aromatic carbocycles. The summed E-state index contributed by atoms with van der Waals surface area (Å²) in [6, 6.07) is 9.79. The molecule has 0 aliphatic heterocycles. The molecule has 0 saturated heterocycles. The smallest absolute Gasteiger partial charge is 0.127 e. The molecule has 0 atom stereocenters. The SMILES string of the molecule is C\C=C(C)/C=C\C(=C/C)Oc1ccccc1. The average molecular weight is 214 g/mol. The number of hydrogen-bond donors (Lipinski definition) is 0. The normalized spacial score (nSPS) is 13.2. The van der Waals surface area contributed by atoms with Gasteiger partial charge in [0.15, 0.2) is 0 Å². The van der Waals surface area contributed by atoms with Gasteiger partial charge in [0.05, 0.1) is 0 Å². The van der Waals surface area contributed by atoms with Crippen LogP contribution in [0.1, 0.15) is 20.8 Å². The maximum absolute atomic E-state index is 5.71. The van der Waals surface area contributed by atoms with Crippen LogP contribution in [0.5, 0.6) is 5.75 Å². The Morgan fingerprint density at radius 2 is 1.69 bits per heavy atom. The van der Waals surface area contributed by atoms with Gasteiger partial charge < -0.3 is 4.74 Å². The summed E-state index contributed by atoms with van der Waals surface area (Å²) in [7, 11) is 0. The first-order valence-electron chi connectivity index (χ1n) is 5.46. The predicted molar refractivity (Wildman–Crippen MR) is 69.4 cm³/mol. The molecule has 1 heteroatoms. The monoisotopic (exact) mass is 214 g/mol. The minimum absolute atomic E-state index is 0.854. The maximum atomic E-state index is 5.71. The summed E-state index contributed by atoms with van der Waals surface area (Å²) in [6.45, 7) is 6.05. The third-order valence-corrected chi connectivity index (χ3v) is 2.23. The predicted octanol–water partition coefficient (Wildman–Crippen LogP) is 4.49. The molecule has 16 heavy (non-hydrogen) atoms. The largest absolute Gasteiger partial charge is 0.458 e. The van der Waals surface area contributed by atoms with E-state index in [4.69, 9.17) is 4.74 Å². The molecule has 0 N–H and O–H groups in total. The Hall–Kier alpha value is -1.76. The number of allylic oxidation sites excluding steroid dienone is 5. The fraction of sp³-hybridized carbons (Fsp3) is 0.200. The Balaban J connectivity index is 2.68. The lowest BCUT2D eigenvalue weighted by molar-refractivity contribution is 0.443. The van der Waals surface area contributed by atoms with E-state index in [-0.39, 0.29) is 0 Å². The van der Waals surface area contributed by atoms with Crippen molar-refractivity contribution in [1.82, 2.24) is 0 Å². The quantitative estimate of drug-likeness (QED) is 0.530. The van der Waals surface area contributed by atoms with E-state index in [1.807, 2.05) is 62.4 Å². The molecule has 0 radical (unpaired) electrons.